The normalized spacial score (nSPS) is 36.6. The fourth-order valence-corrected chi connectivity index (χ4v) is 24.4. The molecular weight excluding hydrogens is 1510 g/mol. The smallest absolute Gasteiger partial charge is 0.347 e. The van der Waals surface area contributed by atoms with Crippen LogP contribution in [0.5, 0.6) is 0 Å². The van der Waals surface area contributed by atoms with Gasteiger partial charge < -0.3 is 52.5 Å². The number of ether oxygens (including phenoxy) is 10. The lowest BCUT2D eigenvalue weighted by atomic mass is 9.47. The minimum atomic E-state index is -0.687. The van der Waals surface area contributed by atoms with Crippen molar-refractivity contribution in [3.05, 3.63) is 0 Å². The van der Waals surface area contributed by atoms with Crippen LogP contribution in [-0.2, 0) is 90.5 Å². The molecule has 0 aromatic heterocycles. The summed E-state index contributed by atoms with van der Waals surface area (Å²) in [6.07, 6.45) is 28.4. The summed E-state index contributed by atoms with van der Waals surface area (Å²) in [6.45, 7) is 33.6. The van der Waals surface area contributed by atoms with Gasteiger partial charge in [-0.15, -0.1) is 0 Å². The van der Waals surface area contributed by atoms with Crippen LogP contribution in [0.1, 0.15) is 378 Å². The molecule has 20 nitrogen and oxygen atoms in total. The number of rotatable bonds is 22. The third-order valence-corrected chi connectivity index (χ3v) is 31.6. The van der Waals surface area contributed by atoms with E-state index in [0.717, 1.165) is 114 Å². The molecule has 0 aromatic rings. The van der Waals surface area contributed by atoms with Crippen molar-refractivity contribution in [3.8, 4) is 0 Å². The van der Waals surface area contributed by atoms with Gasteiger partial charge in [0.2, 0.25) is 6.10 Å². The van der Waals surface area contributed by atoms with E-state index in [1.165, 1.54) is 70.6 Å². The fraction of sp³-hybridized carbons (Fsp3) is 0.909. The molecule has 0 radical (unpaired) electrons. The number of cyclic esters (lactones) is 1. The highest BCUT2D eigenvalue weighted by Crippen LogP contribution is 2.65. The average Bonchev–Trinajstić information content (AvgIpc) is 1.41. The van der Waals surface area contributed by atoms with Gasteiger partial charge in [-0.1, -0.05) is 123 Å². The van der Waals surface area contributed by atoms with Gasteiger partial charge in [-0.05, 0) is 325 Å². The third kappa shape index (κ3) is 22.7. The molecule has 20 fully saturated rings. The highest BCUT2D eigenvalue weighted by Gasteiger charge is 2.66. The minimum Gasteiger partial charge on any atom is -0.463 e. The molecule has 20 rings (SSSR count). The van der Waals surface area contributed by atoms with Crippen LogP contribution in [0, 0.1) is 133 Å². The molecule has 119 heavy (non-hydrogen) atoms. The van der Waals surface area contributed by atoms with Crippen molar-refractivity contribution in [1.29, 1.82) is 0 Å². The maximum absolute atomic E-state index is 13.4. The van der Waals surface area contributed by atoms with Crippen molar-refractivity contribution in [3.63, 3.8) is 0 Å². The molecule has 2 heterocycles. The fourth-order valence-electron chi connectivity index (χ4n) is 24.4. The first-order valence-electron chi connectivity index (χ1n) is 43.3. The van der Waals surface area contributed by atoms with E-state index in [1.807, 2.05) is 69.2 Å². The van der Waals surface area contributed by atoms with Crippen LogP contribution in [0.25, 0.3) is 0 Å². The van der Waals surface area contributed by atoms with E-state index in [1.54, 1.807) is 27.7 Å². The van der Waals surface area contributed by atoms with E-state index in [0.29, 0.717) is 97.6 Å². The number of aliphatic hydroxyl groups is 1. The first kappa shape index (κ1) is 110. The Hall–Kier alpha value is -4.85. The average molecular weight is 1690 g/mol. The monoisotopic (exact) mass is 1690 g/mol. The second-order valence-electron chi connectivity index (χ2n) is 41.7. The Bertz CT molecular complexity index is 3270. The minimum absolute atomic E-state index is 0. The van der Waals surface area contributed by atoms with Gasteiger partial charge in [0.1, 0.15) is 29.5 Å². The maximum Gasteiger partial charge on any atom is 0.347 e. The van der Waals surface area contributed by atoms with Gasteiger partial charge in [0.25, 0.3) is 0 Å². The number of hydrogen-bond acceptors (Lipinski definition) is 20. The van der Waals surface area contributed by atoms with Crippen LogP contribution < -0.4 is 0 Å². The van der Waals surface area contributed by atoms with Crippen LogP contribution in [0.4, 0.5) is 0 Å². The predicted molar refractivity (Wildman–Crippen MR) is 471 cm³/mol. The number of hydrogen-bond donors (Lipinski definition) is 1. The summed E-state index contributed by atoms with van der Waals surface area (Å²) in [5.74, 6) is 7.28. The van der Waals surface area contributed by atoms with Crippen LogP contribution in [-0.4, -0.2) is 126 Å². The maximum atomic E-state index is 13.4. The zero-order chi connectivity index (χ0) is 79.1. The molecule has 20 heteroatoms. The second kappa shape index (κ2) is 42.0. The van der Waals surface area contributed by atoms with Crippen molar-refractivity contribution in [2.45, 2.75) is 425 Å². The van der Waals surface area contributed by atoms with Crippen molar-refractivity contribution >= 4 is 53.7 Å². The largest absolute Gasteiger partial charge is 0.463 e. The summed E-state index contributed by atoms with van der Waals surface area (Å²) in [6, 6.07) is 0. The quantitative estimate of drug-likeness (QED) is 0.0599. The summed E-state index contributed by atoms with van der Waals surface area (Å²) in [5.41, 5.74) is -3.81. The Kier molecular flexibility index (Phi) is 38.9. The van der Waals surface area contributed by atoms with Gasteiger partial charge in [-0.2, -0.15) is 0 Å². The summed E-state index contributed by atoms with van der Waals surface area (Å²) in [7, 11) is 0. The van der Waals surface area contributed by atoms with Crippen LogP contribution in [0.15, 0.2) is 0 Å². The lowest BCUT2D eigenvalue weighted by molar-refractivity contribution is -0.231. The Labute approximate surface area is 724 Å². The molecule has 18 bridgehead atoms. The highest BCUT2D eigenvalue weighted by molar-refractivity contribution is 5.83. The standard InChI is InChI=1S/C28H42O5.C19H32O2.C16H22O6.C16H26O3.C10H16O4.10CH4/c1-4-27(2,3)25(29)33-24-21-10-18-11-22(24)14-28(12-18,13-21)26(30)32-15-31-23-19-6-16-5-17(8-19)9-20(23)7-16;1-6-18(4,5)17(20)21-19(12(2)3)15-8-13-7-14(10-15)11-16(19)9-13;1-4-16(2,3)15(19)20-7-11(17)21-12-8-5-9-10(6-8)14(18)22-13(9)12;1-4-14(2,3)13(17)19-16-8-11-5-12(9-16)7-15(18,6-11)10-16;1-4-10(2,3)9(12)14-7-5-6-13-8(7)11;;;;;;;;;;/h16-24H,4-15H2,1-3H3;12-16H,6-11H2,1-5H3;8-10,12-13H,4-7H2,1-3H3;11-12,18H,4-10H2,1-3H3;7H,4-6H2,1-3H3;10*1H4. The van der Waals surface area contributed by atoms with Crippen LogP contribution >= 0.6 is 0 Å². The van der Waals surface area contributed by atoms with Crippen molar-refractivity contribution < 1.29 is 95.6 Å². The molecular formula is C99H178O20. The van der Waals surface area contributed by atoms with E-state index in [9.17, 15) is 48.3 Å². The van der Waals surface area contributed by atoms with Gasteiger partial charge in [-0.25, -0.2) is 9.59 Å². The number of carbonyl (C=O) groups is 9. The topological polar surface area (TPSA) is 266 Å². The molecule has 0 amide bonds. The van der Waals surface area contributed by atoms with Gasteiger partial charge in [0, 0.05) is 24.7 Å². The van der Waals surface area contributed by atoms with Gasteiger partial charge in [-0.3, -0.25) is 33.6 Å². The van der Waals surface area contributed by atoms with Crippen molar-refractivity contribution in [2.75, 3.05) is 20.0 Å². The molecule has 2 aliphatic heterocycles. The lowest BCUT2D eigenvalue weighted by Crippen LogP contribution is -2.63. The molecule has 20 aliphatic rings. The molecule has 0 spiro atoms. The summed E-state index contributed by atoms with van der Waals surface area (Å²) in [5, 5.41) is 10.6. The van der Waals surface area contributed by atoms with Crippen molar-refractivity contribution in [1.82, 2.24) is 0 Å². The summed E-state index contributed by atoms with van der Waals surface area (Å²) < 4.78 is 56.1. The first-order valence-corrected chi connectivity index (χ1v) is 43.3. The van der Waals surface area contributed by atoms with E-state index < -0.39 is 51.3 Å². The molecule has 1 N–H and O–H groups in total. The molecule has 694 valence electrons. The molecule has 10 atom stereocenters. The first-order chi connectivity index (χ1) is 51.1. The van der Waals surface area contributed by atoms with Crippen molar-refractivity contribution in [2.24, 2.45) is 133 Å². The van der Waals surface area contributed by atoms with Gasteiger partial charge >= 0.3 is 53.7 Å². The van der Waals surface area contributed by atoms with Crippen LogP contribution in [0.3, 0.4) is 0 Å². The van der Waals surface area contributed by atoms with Gasteiger partial charge in [0.15, 0.2) is 13.4 Å². The molecule has 18 aliphatic carbocycles. The van der Waals surface area contributed by atoms with E-state index in [-0.39, 0.29) is 182 Å². The SMILES string of the molecule is C.C.C.C.C.C.C.C.C.C.CCC(C)(C)C(=O)OC1(C(C)C)C2CC3CC(C2)CC1C3.CCC(C)(C)C(=O)OC12CC3CC(CC(O)(C3)C1)C2.CCC(C)(C)C(=O)OC1C2CC3CC1CC(C(=O)OCOC1C4CC5CC(C4)CC1C5)(C3)C2.CCC(C)(C)C(=O)OC1CCOC1=O.CCC(C)(C)C(=O)OCC(=O)OC1C2CC3C(=O)OC1C3C2. The summed E-state index contributed by atoms with van der Waals surface area (Å²) in [4.78, 5) is 109. The van der Waals surface area contributed by atoms with E-state index >= 15 is 0 Å². The number of esters is 9. The Morgan fingerprint density at radius 3 is 1.32 bits per heavy atom. The third-order valence-electron chi connectivity index (χ3n) is 31.6. The van der Waals surface area contributed by atoms with E-state index in [4.69, 9.17) is 47.4 Å². The predicted octanol–water partition coefficient (Wildman–Crippen LogP) is 22.5. The molecule has 2 saturated heterocycles. The molecule has 10 unspecified atom stereocenters. The Morgan fingerprint density at radius 1 is 0.437 bits per heavy atom. The summed E-state index contributed by atoms with van der Waals surface area (Å²) >= 11 is 0. The highest BCUT2D eigenvalue weighted by atomic mass is 16.7. The number of carbonyl (C=O) groups excluding carboxylic acids is 9. The molecule has 0 aromatic carbocycles. The molecule has 18 saturated carbocycles. The van der Waals surface area contributed by atoms with Crippen LogP contribution in [0.2, 0.25) is 0 Å². The zero-order valence-electron chi connectivity index (χ0n) is 69.5. The Balaban J connectivity index is 0.000000507. The zero-order valence-corrected chi connectivity index (χ0v) is 69.5. The van der Waals surface area contributed by atoms with Gasteiger partial charge in [0.05, 0.1) is 56.7 Å². The Morgan fingerprint density at radius 2 is 0.866 bits per heavy atom. The van der Waals surface area contributed by atoms with E-state index in [2.05, 4.69) is 20.8 Å². The second-order valence-corrected chi connectivity index (χ2v) is 41.7. The lowest BCUT2D eigenvalue weighted by Gasteiger charge is -2.62. The number of fused-ring (bicyclic) bond motifs is 1.